The normalized spacial score (nSPS) is 15.0. The van der Waals surface area contributed by atoms with E-state index in [2.05, 4.69) is 15.3 Å². The van der Waals surface area contributed by atoms with E-state index in [0.717, 1.165) is 0 Å². The number of nitrogens with zero attached hydrogens (tertiary/aromatic N) is 2. The van der Waals surface area contributed by atoms with E-state index in [1.807, 2.05) is 0 Å². The number of thiazole rings is 1. The number of pyridine rings is 1. The largest absolute Gasteiger partial charge is 0.418 e. The van der Waals surface area contributed by atoms with Crippen LogP contribution in [0.25, 0.3) is 10.4 Å². The SMILES string of the molecule is Cc1nc(NC(=O)Oc2ccccc2)sc1-c1ccnc(C2(C(F)(F)F)CC2)c1. The second kappa shape index (κ2) is 7.14. The molecule has 0 aliphatic heterocycles. The molecule has 1 saturated carbocycles. The highest BCUT2D eigenvalue weighted by Gasteiger charge is 2.65. The molecule has 150 valence electrons. The zero-order chi connectivity index (χ0) is 20.6. The summed E-state index contributed by atoms with van der Waals surface area (Å²) in [6.45, 7) is 1.73. The fourth-order valence-electron chi connectivity index (χ4n) is 3.07. The number of amides is 1. The van der Waals surface area contributed by atoms with Gasteiger partial charge < -0.3 is 4.74 Å². The van der Waals surface area contributed by atoms with Crippen LogP contribution in [0.1, 0.15) is 24.2 Å². The third-order valence-corrected chi connectivity index (χ3v) is 5.89. The van der Waals surface area contributed by atoms with Crippen molar-refractivity contribution < 1.29 is 22.7 Å². The van der Waals surface area contributed by atoms with E-state index in [0.29, 0.717) is 27.0 Å². The molecule has 2 heterocycles. The van der Waals surface area contributed by atoms with Crippen molar-refractivity contribution in [3.8, 4) is 16.2 Å². The number of hydrogen-bond acceptors (Lipinski definition) is 5. The topological polar surface area (TPSA) is 64.1 Å². The Balaban J connectivity index is 1.54. The summed E-state index contributed by atoms with van der Waals surface area (Å²) in [6.07, 6.45) is -3.54. The molecule has 1 aromatic carbocycles. The highest BCUT2D eigenvalue weighted by molar-refractivity contribution is 7.19. The van der Waals surface area contributed by atoms with E-state index < -0.39 is 17.7 Å². The maximum Gasteiger partial charge on any atom is 0.418 e. The lowest BCUT2D eigenvalue weighted by Gasteiger charge is -2.18. The highest BCUT2D eigenvalue weighted by Crippen LogP contribution is 2.58. The summed E-state index contributed by atoms with van der Waals surface area (Å²) in [5, 5.41) is 2.85. The van der Waals surface area contributed by atoms with Crippen LogP contribution in [0.15, 0.2) is 48.7 Å². The molecule has 9 heteroatoms. The quantitative estimate of drug-likeness (QED) is 0.588. The summed E-state index contributed by atoms with van der Waals surface area (Å²) in [6, 6.07) is 11.7. The molecule has 1 fully saturated rings. The first kappa shape index (κ1) is 19.4. The third kappa shape index (κ3) is 3.82. The summed E-state index contributed by atoms with van der Waals surface area (Å²) in [7, 11) is 0. The molecule has 0 saturated heterocycles. The van der Waals surface area contributed by atoms with Crippen LogP contribution in [0.5, 0.6) is 5.75 Å². The average Bonchev–Trinajstić information content (AvgIpc) is 3.42. The summed E-state index contributed by atoms with van der Waals surface area (Å²) in [5.41, 5.74) is -0.639. The van der Waals surface area contributed by atoms with E-state index in [9.17, 15) is 18.0 Å². The summed E-state index contributed by atoms with van der Waals surface area (Å²) < 4.78 is 45.4. The van der Waals surface area contributed by atoms with Gasteiger partial charge in [-0.1, -0.05) is 29.5 Å². The average molecular weight is 419 g/mol. The van der Waals surface area contributed by atoms with Crippen LogP contribution in [0.3, 0.4) is 0 Å². The molecule has 5 nitrogen and oxygen atoms in total. The molecule has 0 radical (unpaired) electrons. The zero-order valence-electron chi connectivity index (χ0n) is 15.3. The van der Waals surface area contributed by atoms with Crippen molar-refractivity contribution in [1.29, 1.82) is 0 Å². The highest BCUT2D eigenvalue weighted by atomic mass is 32.1. The molecule has 0 unspecified atom stereocenters. The van der Waals surface area contributed by atoms with Gasteiger partial charge in [-0.2, -0.15) is 13.2 Å². The first-order valence-electron chi connectivity index (χ1n) is 8.83. The number of benzene rings is 1. The van der Waals surface area contributed by atoms with Crippen LogP contribution in [0.2, 0.25) is 0 Å². The van der Waals surface area contributed by atoms with Gasteiger partial charge in [0.05, 0.1) is 16.3 Å². The van der Waals surface area contributed by atoms with Crippen LogP contribution in [-0.4, -0.2) is 22.2 Å². The standard InChI is InChI=1S/C20H16F3N3O2S/c1-12-16(13-7-10-24-15(11-13)19(8-9-19)20(21,22)23)29-17(25-12)26-18(27)28-14-5-3-2-4-6-14/h2-7,10-11H,8-9H2,1H3,(H,25,26,27). The zero-order valence-corrected chi connectivity index (χ0v) is 16.1. The smallest absolute Gasteiger partial charge is 0.410 e. The van der Waals surface area contributed by atoms with Gasteiger partial charge in [0.1, 0.15) is 11.2 Å². The van der Waals surface area contributed by atoms with E-state index in [1.165, 1.54) is 23.6 Å². The van der Waals surface area contributed by atoms with Gasteiger partial charge in [-0.3, -0.25) is 10.3 Å². The molecule has 0 spiro atoms. The van der Waals surface area contributed by atoms with Gasteiger partial charge in [-0.05, 0) is 49.6 Å². The van der Waals surface area contributed by atoms with Crippen molar-refractivity contribution in [3.63, 3.8) is 0 Å². The predicted octanol–water partition coefficient (Wildman–Crippen LogP) is 5.72. The lowest BCUT2D eigenvalue weighted by Crippen LogP contribution is -2.29. The second-order valence-electron chi connectivity index (χ2n) is 6.77. The van der Waals surface area contributed by atoms with Crippen molar-refractivity contribution in [2.24, 2.45) is 0 Å². The van der Waals surface area contributed by atoms with Gasteiger partial charge in [0.2, 0.25) is 0 Å². The molecular weight excluding hydrogens is 403 g/mol. The van der Waals surface area contributed by atoms with E-state index in [4.69, 9.17) is 4.74 Å². The Bertz CT molecular complexity index is 1050. The summed E-state index contributed by atoms with van der Waals surface area (Å²) >= 11 is 1.17. The summed E-state index contributed by atoms with van der Waals surface area (Å²) in [5.74, 6) is 0.388. The van der Waals surface area contributed by atoms with Crippen molar-refractivity contribution >= 4 is 22.6 Å². The number of alkyl halides is 3. The molecule has 2 aromatic heterocycles. The molecule has 1 aliphatic rings. The number of aryl methyl sites for hydroxylation is 1. The maximum absolute atomic E-state index is 13.4. The van der Waals surface area contributed by atoms with Crippen molar-refractivity contribution in [2.45, 2.75) is 31.4 Å². The Hall–Kier alpha value is -2.94. The Morgan fingerprint density at radius 2 is 1.93 bits per heavy atom. The molecule has 29 heavy (non-hydrogen) atoms. The molecule has 0 bridgehead atoms. The number of carbonyl (C=O) groups is 1. The van der Waals surface area contributed by atoms with Gasteiger partial charge in [0.25, 0.3) is 0 Å². The van der Waals surface area contributed by atoms with Crippen LogP contribution in [0, 0.1) is 6.92 Å². The van der Waals surface area contributed by atoms with E-state index >= 15 is 0 Å². The number of carbonyl (C=O) groups excluding carboxylic acids is 1. The Morgan fingerprint density at radius 1 is 1.21 bits per heavy atom. The fraction of sp³-hybridized carbons (Fsp3) is 0.250. The second-order valence-corrected chi connectivity index (χ2v) is 7.77. The third-order valence-electron chi connectivity index (χ3n) is 4.76. The molecule has 4 rings (SSSR count). The lowest BCUT2D eigenvalue weighted by molar-refractivity contribution is -0.161. The van der Waals surface area contributed by atoms with Crippen LogP contribution >= 0.6 is 11.3 Å². The number of anilines is 1. The van der Waals surface area contributed by atoms with Crippen molar-refractivity contribution in [2.75, 3.05) is 5.32 Å². The van der Waals surface area contributed by atoms with Gasteiger partial charge in [0, 0.05) is 6.20 Å². The monoisotopic (exact) mass is 419 g/mol. The molecule has 1 aliphatic carbocycles. The van der Waals surface area contributed by atoms with Crippen LogP contribution < -0.4 is 10.1 Å². The predicted molar refractivity (Wildman–Crippen MR) is 103 cm³/mol. The molecule has 3 aromatic rings. The Morgan fingerprint density at radius 3 is 2.59 bits per heavy atom. The Kier molecular flexibility index (Phi) is 4.77. The number of rotatable bonds is 4. The lowest BCUT2D eigenvalue weighted by atomic mass is 9.99. The Labute approximate surface area is 168 Å². The number of ether oxygens (including phenoxy) is 1. The summed E-state index contributed by atoms with van der Waals surface area (Å²) in [4.78, 5) is 21.0. The number of halogens is 3. The minimum absolute atomic E-state index is 0.0216. The fourth-order valence-corrected chi connectivity index (χ4v) is 4.02. The molecule has 1 N–H and O–H groups in total. The molecule has 0 atom stereocenters. The van der Waals surface area contributed by atoms with E-state index in [-0.39, 0.29) is 18.5 Å². The number of nitrogens with one attached hydrogen (secondary N) is 1. The van der Waals surface area contributed by atoms with Gasteiger partial charge in [0.15, 0.2) is 5.13 Å². The molecular formula is C20H16F3N3O2S. The molecule has 1 amide bonds. The minimum Gasteiger partial charge on any atom is -0.410 e. The number of para-hydroxylation sites is 1. The van der Waals surface area contributed by atoms with Gasteiger partial charge in [-0.25, -0.2) is 9.78 Å². The minimum atomic E-state index is -4.32. The maximum atomic E-state index is 13.4. The number of aromatic nitrogens is 2. The van der Waals surface area contributed by atoms with Crippen LogP contribution in [-0.2, 0) is 5.41 Å². The first-order chi connectivity index (χ1) is 13.8. The van der Waals surface area contributed by atoms with E-state index in [1.54, 1.807) is 43.3 Å². The van der Waals surface area contributed by atoms with Crippen molar-refractivity contribution in [3.05, 3.63) is 60.0 Å². The number of hydrogen-bond donors (Lipinski definition) is 1. The van der Waals surface area contributed by atoms with Crippen molar-refractivity contribution in [1.82, 2.24) is 9.97 Å². The van der Waals surface area contributed by atoms with Crippen LogP contribution in [0.4, 0.5) is 23.1 Å². The van der Waals surface area contributed by atoms with Gasteiger partial charge in [-0.15, -0.1) is 0 Å². The van der Waals surface area contributed by atoms with Gasteiger partial charge >= 0.3 is 12.3 Å². The first-order valence-corrected chi connectivity index (χ1v) is 9.65.